The third kappa shape index (κ3) is 4.22. The maximum Gasteiger partial charge on any atom is 0.410 e. The quantitative estimate of drug-likeness (QED) is 0.852. The molecule has 1 amide bonds. The Morgan fingerprint density at radius 2 is 2.00 bits per heavy atom. The second kappa shape index (κ2) is 6.37. The Labute approximate surface area is 130 Å². The van der Waals surface area contributed by atoms with Gasteiger partial charge in [0, 0.05) is 12.5 Å². The van der Waals surface area contributed by atoms with Crippen LogP contribution in [-0.2, 0) is 4.74 Å². The van der Waals surface area contributed by atoms with Crippen LogP contribution in [0, 0.1) is 0 Å². The Kier molecular flexibility index (Phi) is 4.73. The van der Waals surface area contributed by atoms with Crippen molar-refractivity contribution in [3.8, 4) is 11.8 Å². The lowest BCUT2D eigenvalue weighted by molar-refractivity contribution is 0.0223. The van der Waals surface area contributed by atoms with E-state index >= 15 is 0 Å². The van der Waals surface area contributed by atoms with Gasteiger partial charge in [-0.25, -0.2) is 14.8 Å². The Morgan fingerprint density at radius 1 is 1.32 bits per heavy atom. The molecule has 22 heavy (non-hydrogen) atoms. The number of hydrogen-bond donors (Lipinski definition) is 0. The van der Waals surface area contributed by atoms with E-state index in [0.717, 1.165) is 6.42 Å². The minimum atomic E-state index is -0.504. The number of carbonyl (C=O) groups excluding carboxylic acids is 1. The summed E-state index contributed by atoms with van der Waals surface area (Å²) in [5.41, 5.74) is -0.504. The predicted octanol–water partition coefficient (Wildman–Crippen LogP) is 2.26. The summed E-state index contributed by atoms with van der Waals surface area (Å²) in [7, 11) is 1.54. The van der Waals surface area contributed by atoms with E-state index < -0.39 is 5.60 Å². The molecule has 0 unspecified atom stereocenters. The molecule has 1 fully saturated rings. The molecule has 2 atom stereocenters. The monoisotopic (exact) mass is 309 g/mol. The van der Waals surface area contributed by atoms with E-state index in [1.807, 2.05) is 27.7 Å². The first-order chi connectivity index (χ1) is 10.3. The third-order valence-corrected chi connectivity index (χ3v) is 3.28. The zero-order valence-electron chi connectivity index (χ0n) is 13.7. The Bertz CT molecular complexity index is 530. The van der Waals surface area contributed by atoms with Crippen LogP contribution in [0.15, 0.2) is 12.4 Å². The standard InChI is InChI=1S/C15H23N3O4/c1-10-6-11(8-18(10)14(19)22-15(2,3)4)21-13-7-12(20-5)16-9-17-13/h7,9-11H,6,8H2,1-5H3/t10-,11+/m0/s1. The fourth-order valence-corrected chi connectivity index (χ4v) is 2.31. The average Bonchev–Trinajstić information content (AvgIpc) is 2.78. The van der Waals surface area contributed by atoms with Crippen LogP contribution in [0.5, 0.6) is 11.8 Å². The number of amides is 1. The fraction of sp³-hybridized carbons (Fsp3) is 0.667. The van der Waals surface area contributed by atoms with Gasteiger partial charge in [0.15, 0.2) is 0 Å². The molecular formula is C15H23N3O4. The molecule has 7 nitrogen and oxygen atoms in total. The van der Waals surface area contributed by atoms with Gasteiger partial charge in [-0.15, -0.1) is 0 Å². The molecule has 1 aromatic rings. The number of carbonyl (C=O) groups is 1. The molecule has 0 aliphatic carbocycles. The van der Waals surface area contributed by atoms with Crippen molar-refractivity contribution in [3.05, 3.63) is 12.4 Å². The minimum absolute atomic E-state index is 0.0589. The van der Waals surface area contributed by atoms with Gasteiger partial charge in [0.2, 0.25) is 11.8 Å². The first-order valence-corrected chi connectivity index (χ1v) is 7.31. The van der Waals surface area contributed by atoms with Crippen molar-refractivity contribution in [2.75, 3.05) is 13.7 Å². The Morgan fingerprint density at radius 3 is 2.64 bits per heavy atom. The van der Waals surface area contributed by atoms with Crippen molar-refractivity contribution in [3.63, 3.8) is 0 Å². The molecule has 7 heteroatoms. The predicted molar refractivity (Wildman–Crippen MR) is 80.0 cm³/mol. The van der Waals surface area contributed by atoms with Crippen molar-refractivity contribution in [1.82, 2.24) is 14.9 Å². The largest absolute Gasteiger partial charge is 0.481 e. The first kappa shape index (κ1) is 16.3. The highest BCUT2D eigenvalue weighted by Crippen LogP contribution is 2.24. The first-order valence-electron chi connectivity index (χ1n) is 7.31. The molecule has 1 aromatic heterocycles. The van der Waals surface area contributed by atoms with E-state index in [1.165, 1.54) is 13.4 Å². The molecule has 0 bridgehead atoms. The normalized spacial score (nSPS) is 21.6. The van der Waals surface area contributed by atoms with Gasteiger partial charge < -0.3 is 19.1 Å². The summed E-state index contributed by atoms with van der Waals surface area (Å²) in [6, 6.07) is 1.68. The SMILES string of the molecule is COc1cc(O[C@@H]2C[C@H](C)N(C(=O)OC(C)(C)C)C2)ncn1. The van der Waals surface area contributed by atoms with Crippen LogP contribution in [-0.4, -0.2) is 52.4 Å². The van der Waals surface area contributed by atoms with Gasteiger partial charge in [-0.1, -0.05) is 0 Å². The number of hydrogen-bond acceptors (Lipinski definition) is 6. The van der Waals surface area contributed by atoms with Crippen LogP contribution in [0.4, 0.5) is 4.79 Å². The van der Waals surface area contributed by atoms with E-state index in [2.05, 4.69) is 9.97 Å². The number of nitrogens with zero attached hydrogens (tertiary/aromatic N) is 3. The molecule has 0 N–H and O–H groups in total. The van der Waals surface area contributed by atoms with Gasteiger partial charge in [-0.05, 0) is 27.7 Å². The Hall–Kier alpha value is -2.05. The van der Waals surface area contributed by atoms with Gasteiger partial charge in [0.05, 0.1) is 19.7 Å². The smallest absolute Gasteiger partial charge is 0.410 e. The van der Waals surface area contributed by atoms with Crippen LogP contribution in [0.3, 0.4) is 0 Å². The van der Waals surface area contributed by atoms with E-state index in [0.29, 0.717) is 18.3 Å². The zero-order valence-corrected chi connectivity index (χ0v) is 13.7. The maximum absolute atomic E-state index is 12.2. The summed E-state index contributed by atoms with van der Waals surface area (Å²) in [6.07, 6.45) is 1.68. The van der Waals surface area contributed by atoms with Gasteiger partial charge in [-0.2, -0.15) is 0 Å². The van der Waals surface area contributed by atoms with Crippen molar-refractivity contribution in [2.24, 2.45) is 0 Å². The molecule has 122 valence electrons. The maximum atomic E-state index is 12.2. The van der Waals surface area contributed by atoms with Crippen LogP contribution in [0.25, 0.3) is 0 Å². The lowest BCUT2D eigenvalue weighted by atomic mass is 10.2. The summed E-state index contributed by atoms with van der Waals surface area (Å²) in [5.74, 6) is 0.884. The second-order valence-electron chi connectivity index (χ2n) is 6.36. The molecule has 0 spiro atoms. The molecule has 1 aliphatic heterocycles. The topological polar surface area (TPSA) is 73.8 Å². The van der Waals surface area contributed by atoms with Gasteiger partial charge in [0.25, 0.3) is 0 Å². The van der Waals surface area contributed by atoms with Gasteiger partial charge >= 0.3 is 6.09 Å². The molecule has 0 saturated carbocycles. The molecular weight excluding hydrogens is 286 g/mol. The molecule has 0 radical (unpaired) electrons. The van der Waals surface area contributed by atoms with Crippen molar-refractivity contribution in [1.29, 1.82) is 0 Å². The lowest BCUT2D eigenvalue weighted by Gasteiger charge is -2.26. The number of rotatable bonds is 3. The number of ether oxygens (including phenoxy) is 3. The van der Waals surface area contributed by atoms with E-state index in [-0.39, 0.29) is 18.2 Å². The molecule has 0 aromatic carbocycles. The molecule has 1 saturated heterocycles. The molecule has 2 rings (SSSR count). The van der Waals surface area contributed by atoms with E-state index in [1.54, 1.807) is 11.0 Å². The van der Waals surface area contributed by atoms with Crippen LogP contribution in [0.1, 0.15) is 34.1 Å². The summed E-state index contributed by atoms with van der Waals surface area (Å²) < 4.78 is 16.3. The zero-order chi connectivity index (χ0) is 16.3. The fourth-order valence-electron chi connectivity index (χ4n) is 2.31. The average molecular weight is 309 g/mol. The van der Waals surface area contributed by atoms with Crippen molar-refractivity contribution < 1.29 is 19.0 Å². The summed E-state index contributed by atoms with van der Waals surface area (Å²) in [4.78, 5) is 21.9. The van der Waals surface area contributed by atoms with E-state index in [4.69, 9.17) is 14.2 Å². The summed E-state index contributed by atoms with van der Waals surface area (Å²) in [6.45, 7) is 8.02. The molecule has 1 aliphatic rings. The highest BCUT2D eigenvalue weighted by Gasteiger charge is 2.36. The van der Waals surface area contributed by atoms with Crippen LogP contribution < -0.4 is 9.47 Å². The van der Waals surface area contributed by atoms with Gasteiger partial charge in [-0.3, -0.25) is 0 Å². The van der Waals surface area contributed by atoms with Crippen LogP contribution >= 0.6 is 0 Å². The Balaban J connectivity index is 1.97. The van der Waals surface area contributed by atoms with Crippen molar-refractivity contribution in [2.45, 2.75) is 51.9 Å². The minimum Gasteiger partial charge on any atom is -0.481 e. The van der Waals surface area contributed by atoms with Crippen LogP contribution in [0.2, 0.25) is 0 Å². The third-order valence-electron chi connectivity index (χ3n) is 3.28. The second-order valence-corrected chi connectivity index (χ2v) is 6.36. The van der Waals surface area contributed by atoms with E-state index in [9.17, 15) is 4.79 Å². The number of methoxy groups -OCH3 is 1. The molecule has 2 heterocycles. The van der Waals surface area contributed by atoms with Gasteiger partial charge in [0.1, 0.15) is 18.0 Å². The summed E-state index contributed by atoms with van der Waals surface area (Å²) in [5, 5.41) is 0. The van der Waals surface area contributed by atoms with Crippen molar-refractivity contribution >= 4 is 6.09 Å². The number of likely N-dealkylation sites (tertiary alicyclic amines) is 1. The number of aromatic nitrogens is 2. The lowest BCUT2D eigenvalue weighted by Crippen LogP contribution is -2.39. The summed E-state index contributed by atoms with van der Waals surface area (Å²) >= 11 is 0. The highest BCUT2D eigenvalue weighted by molar-refractivity contribution is 5.69. The highest BCUT2D eigenvalue weighted by atomic mass is 16.6.